The zero-order valence-corrected chi connectivity index (χ0v) is 23.8. The van der Waals surface area contributed by atoms with Crippen molar-refractivity contribution in [2.75, 3.05) is 6.26 Å². The molecule has 0 spiro atoms. The Balaban J connectivity index is 1.43. The molecule has 1 aromatic carbocycles. The summed E-state index contributed by atoms with van der Waals surface area (Å²) >= 11 is 0. The molecule has 1 aliphatic carbocycles. The second kappa shape index (κ2) is 10.4. The third-order valence-electron chi connectivity index (χ3n) is 8.04. The molecular formula is C28H31F3N4O5S. The van der Waals surface area contributed by atoms with Crippen LogP contribution in [-0.2, 0) is 38.4 Å². The number of carbonyl (C=O) groups is 1. The number of esters is 1. The van der Waals surface area contributed by atoms with Crippen LogP contribution in [0.5, 0.6) is 0 Å². The van der Waals surface area contributed by atoms with Crippen LogP contribution >= 0.6 is 0 Å². The number of aromatic nitrogens is 4. The highest BCUT2D eigenvalue weighted by Crippen LogP contribution is 2.46. The fourth-order valence-electron chi connectivity index (χ4n) is 6.06. The Morgan fingerprint density at radius 1 is 1.15 bits per heavy atom. The zero-order valence-electron chi connectivity index (χ0n) is 23.0. The van der Waals surface area contributed by atoms with E-state index >= 15 is 0 Å². The summed E-state index contributed by atoms with van der Waals surface area (Å²) in [5, 5.41) is 15.5. The molecule has 41 heavy (non-hydrogen) atoms. The maximum Gasteiger partial charge on any atom is 0.417 e. The Hall–Kier alpha value is -3.48. The molecule has 9 nitrogen and oxygen atoms in total. The first-order chi connectivity index (χ1) is 19.2. The van der Waals surface area contributed by atoms with Gasteiger partial charge in [-0.2, -0.15) is 18.2 Å². The van der Waals surface area contributed by atoms with Gasteiger partial charge in [0.2, 0.25) is 0 Å². The predicted octanol–water partition coefficient (Wildman–Crippen LogP) is 5.03. The van der Waals surface area contributed by atoms with E-state index in [1.54, 1.807) is 4.52 Å². The van der Waals surface area contributed by atoms with Crippen molar-refractivity contribution in [1.29, 1.82) is 0 Å². The first-order valence-electron chi connectivity index (χ1n) is 13.4. The summed E-state index contributed by atoms with van der Waals surface area (Å²) in [6.07, 6.45) is -0.540. The maximum atomic E-state index is 13.7. The van der Waals surface area contributed by atoms with Gasteiger partial charge in [-0.05, 0) is 69.2 Å². The Morgan fingerprint density at radius 2 is 1.85 bits per heavy atom. The van der Waals surface area contributed by atoms with Crippen molar-refractivity contribution in [2.45, 2.75) is 81.9 Å². The molecule has 1 unspecified atom stereocenters. The second-order valence-corrected chi connectivity index (χ2v) is 13.1. The third kappa shape index (κ3) is 5.81. The number of sulfone groups is 1. The van der Waals surface area contributed by atoms with Gasteiger partial charge in [0, 0.05) is 30.5 Å². The minimum Gasteiger partial charge on any atom is -0.512 e. The lowest BCUT2D eigenvalue weighted by atomic mass is 9.76. The number of ether oxygens (including phenoxy) is 1. The number of cyclic esters (lactones) is 1. The van der Waals surface area contributed by atoms with Crippen LogP contribution < -0.4 is 0 Å². The number of hydrogen-bond donors (Lipinski definition) is 1. The van der Waals surface area contributed by atoms with E-state index in [4.69, 9.17) is 4.74 Å². The molecule has 1 aliphatic heterocycles. The Bertz CT molecular complexity index is 1660. The highest BCUT2D eigenvalue weighted by molar-refractivity contribution is 7.90. The molecule has 2 aromatic heterocycles. The number of alkyl halides is 3. The molecule has 5 rings (SSSR count). The summed E-state index contributed by atoms with van der Waals surface area (Å²) in [6, 6.07) is 5.02. The second-order valence-electron chi connectivity index (χ2n) is 11.1. The zero-order chi connectivity index (χ0) is 29.7. The minimum absolute atomic E-state index is 0.0239. The molecule has 3 heterocycles. The number of carbonyl (C=O) groups excluding carboxylic acids is 1. The molecule has 0 radical (unpaired) electrons. The monoisotopic (exact) mass is 592 g/mol. The molecular weight excluding hydrogens is 561 g/mol. The van der Waals surface area contributed by atoms with Crippen molar-refractivity contribution >= 4 is 21.6 Å². The third-order valence-corrected chi connectivity index (χ3v) is 9.19. The number of aliphatic hydroxyl groups excluding tert-OH is 1. The van der Waals surface area contributed by atoms with Crippen LogP contribution in [-0.4, -0.2) is 50.9 Å². The highest BCUT2D eigenvalue weighted by atomic mass is 32.2. The van der Waals surface area contributed by atoms with E-state index in [1.807, 2.05) is 19.9 Å². The van der Waals surface area contributed by atoms with Gasteiger partial charge < -0.3 is 9.84 Å². The van der Waals surface area contributed by atoms with Gasteiger partial charge in [-0.15, -0.1) is 5.10 Å². The van der Waals surface area contributed by atoms with Gasteiger partial charge in [0.25, 0.3) is 5.78 Å². The van der Waals surface area contributed by atoms with Gasteiger partial charge >= 0.3 is 12.1 Å². The van der Waals surface area contributed by atoms with Crippen molar-refractivity contribution in [3.05, 3.63) is 63.9 Å². The topological polar surface area (TPSA) is 124 Å². The predicted molar refractivity (Wildman–Crippen MR) is 142 cm³/mol. The number of hydrogen-bond acceptors (Lipinski definition) is 8. The van der Waals surface area contributed by atoms with Gasteiger partial charge in [-0.3, -0.25) is 0 Å². The van der Waals surface area contributed by atoms with Crippen LogP contribution in [0.25, 0.3) is 5.78 Å². The molecule has 220 valence electrons. The van der Waals surface area contributed by atoms with E-state index in [2.05, 4.69) is 15.1 Å². The maximum absolute atomic E-state index is 13.7. The lowest BCUT2D eigenvalue weighted by Gasteiger charge is -2.41. The first-order valence-corrected chi connectivity index (χ1v) is 15.3. The van der Waals surface area contributed by atoms with Crippen molar-refractivity contribution in [3.63, 3.8) is 0 Å². The smallest absolute Gasteiger partial charge is 0.417 e. The van der Waals surface area contributed by atoms with E-state index in [0.717, 1.165) is 55.5 Å². The highest BCUT2D eigenvalue weighted by Gasteiger charge is 2.48. The number of fused-ring (bicyclic) bond motifs is 1. The summed E-state index contributed by atoms with van der Waals surface area (Å²) in [5.41, 5.74) is -0.438. The first kappa shape index (κ1) is 29.0. The van der Waals surface area contributed by atoms with Crippen LogP contribution in [0.2, 0.25) is 0 Å². The standard InChI is InChI=1S/C28H31F3N4O5S/c1-16-12-17(2)35-26(32-16)33-24(34-35)14-20-22(36)15-27(40-25(20)37,19-6-4-5-7-19)11-10-18-8-9-23(41(3,38)39)21(13-18)28(29,30)31/h8-9,12-13,19,36H,4-7,10-11,14-15H2,1-3H3. The molecule has 13 heteroatoms. The van der Waals surface area contributed by atoms with E-state index in [1.165, 1.54) is 6.07 Å². The van der Waals surface area contributed by atoms with Crippen LogP contribution in [0.1, 0.15) is 66.9 Å². The van der Waals surface area contributed by atoms with Crippen LogP contribution in [0.3, 0.4) is 0 Å². The molecule has 1 N–H and O–H groups in total. The summed E-state index contributed by atoms with van der Waals surface area (Å²) in [7, 11) is -4.10. The fraction of sp³-hybridized carbons (Fsp3) is 0.500. The SMILES string of the molecule is Cc1cc(C)n2nc(CC3=C(O)CC(CCc4ccc(S(C)(=O)=O)c(C(F)(F)F)c4)(C4CCCC4)OC3=O)nc2n1. The summed E-state index contributed by atoms with van der Waals surface area (Å²) < 4.78 is 72.7. The number of aryl methyl sites for hydroxylation is 3. The molecule has 1 saturated carbocycles. The Morgan fingerprint density at radius 3 is 2.49 bits per heavy atom. The molecule has 0 amide bonds. The molecule has 3 aromatic rings. The van der Waals surface area contributed by atoms with Crippen molar-refractivity contribution in [3.8, 4) is 0 Å². The summed E-state index contributed by atoms with van der Waals surface area (Å²) in [5.74, 6) is -0.249. The normalized spacial score (nSPS) is 20.7. The van der Waals surface area contributed by atoms with E-state index < -0.39 is 38.0 Å². The lowest BCUT2D eigenvalue weighted by Crippen LogP contribution is -2.46. The van der Waals surface area contributed by atoms with Crippen molar-refractivity contribution in [2.24, 2.45) is 5.92 Å². The molecule has 0 bridgehead atoms. The van der Waals surface area contributed by atoms with E-state index in [9.17, 15) is 31.5 Å². The van der Waals surface area contributed by atoms with Crippen LogP contribution in [0, 0.1) is 19.8 Å². The van der Waals surface area contributed by atoms with Crippen LogP contribution in [0.4, 0.5) is 13.2 Å². The fourth-order valence-corrected chi connectivity index (χ4v) is 6.95. The minimum atomic E-state index is -4.86. The van der Waals surface area contributed by atoms with Gasteiger partial charge in [0.1, 0.15) is 11.4 Å². The van der Waals surface area contributed by atoms with Gasteiger partial charge in [0.05, 0.1) is 16.0 Å². The number of rotatable bonds is 7. The van der Waals surface area contributed by atoms with Crippen molar-refractivity contribution < 1.29 is 36.2 Å². The number of halogens is 3. The molecule has 2 aliphatic rings. The average Bonchev–Trinajstić information content (AvgIpc) is 3.54. The molecule has 1 atom stereocenters. The lowest BCUT2D eigenvalue weighted by molar-refractivity contribution is -0.167. The van der Waals surface area contributed by atoms with Gasteiger partial charge in [-0.25, -0.2) is 22.7 Å². The van der Waals surface area contributed by atoms with Crippen molar-refractivity contribution in [1.82, 2.24) is 19.6 Å². The molecule has 1 fully saturated rings. The average molecular weight is 593 g/mol. The van der Waals surface area contributed by atoms with E-state index in [0.29, 0.717) is 11.6 Å². The quantitative estimate of drug-likeness (QED) is 0.379. The van der Waals surface area contributed by atoms with Crippen LogP contribution in [0.15, 0.2) is 40.5 Å². The number of nitrogens with zero attached hydrogens (tertiary/aromatic N) is 4. The number of aliphatic hydroxyl groups is 1. The molecule has 0 saturated heterocycles. The van der Waals surface area contributed by atoms with E-state index in [-0.39, 0.29) is 48.5 Å². The number of benzene rings is 1. The Kier molecular flexibility index (Phi) is 7.37. The van der Waals surface area contributed by atoms with Gasteiger partial charge in [-0.1, -0.05) is 18.9 Å². The Labute approximate surface area is 235 Å². The summed E-state index contributed by atoms with van der Waals surface area (Å²) in [4.78, 5) is 21.3. The van der Waals surface area contributed by atoms with Gasteiger partial charge in [0.15, 0.2) is 15.7 Å². The summed E-state index contributed by atoms with van der Waals surface area (Å²) in [6.45, 7) is 3.69. The largest absolute Gasteiger partial charge is 0.512 e.